The van der Waals surface area contributed by atoms with E-state index in [1.54, 1.807) is 67.6 Å². The summed E-state index contributed by atoms with van der Waals surface area (Å²) in [6.07, 6.45) is 2.22. The normalized spacial score (nSPS) is 12.1. The Balaban J connectivity index is 2.13. The van der Waals surface area contributed by atoms with Crippen LogP contribution in [0.15, 0.2) is 82.6 Å². The standard InChI is InChI=1S/C31H38ClN3O5S2/c1-6-27(31(37)33-22(3)4)34(20-23-12-8-9-13-26(23)32)30(36)21-35(28-14-10-11-15-29(28)40-7-2)42(38,39)25-18-16-24(41-5)17-19-25/h8-19,22,27H,6-7,20-21H2,1-5H3,(H,33,37)/t27-/m0/s1. The van der Waals surface area contributed by atoms with Crippen LogP contribution in [-0.2, 0) is 26.2 Å². The van der Waals surface area contributed by atoms with Gasteiger partial charge in [0, 0.05) is 22.5 Å². The van der Waals surface area contributed by atoms with Gasteiger partial charge in [0.15, 0.2) is 0 Å². The highest BCUT2D eigenvalue weighted by Gasteiger charge is 2.35. The second-order valence-electron chi connectivity index (χ2n) is 9.79. The summed E-state index contributed by atoms with van der Waals surface area (Å²) in [6, 6.07) is 19.2. The topological polar surface area (TPSA) is 96.0 Å². The van der Waals surface area contributed by atoms with Crippen molar-refractivity contribution in [3.8, 4) is 5.75 Å². The Morgan fingerprint density at radius 1 is 0.976 bits per heavy atom. The van der Waals surface area contributed by atoms with Crippen LogP contribution in [0.4, 0.5) is 5.69 Å². The van der Waals surface area contributed by atoms with Crippen molar-refractivity contribution in [2.45, 2.75) is 62.5 Å². The zero-order chi connectivity index (χ0) is 30.9. The lowest BCUT2D eigenvalue weighted by molar-refractivity contribution is -0.140. The third-order valence-electron chi connectivity index (χ3n) is 6.48. The molecule has 0 aliphatic carbocycles. The number of nitrogens with one attached hydrogen (secondary N) is 1. The highest BCUT2D eigenvalue weighted by molar-refractivity contribution is 7.98. The van der Waals surface area contributed by atoms with Gasteiger partial charge in [-0.3, -0.25) is 13.9 Å². The molecule has 0 radical (unpaired) electrons. The third kappa shape index (κ3) is 8.20. The number of amides is 2. The summed E-state index contributed by atoms with van der Waals surface area (Å²) in [7, 11) is -4.23. The van der Waals surface area contributed by atoms with E-state index in [2.05, 4.69) is 5.32 Å². The SMILES string of the molecule is CCOc1ccccc1N(CC(=O)N(Cc1ccccc1Cl)[C@@H](CC)C(=O)NC(C)C)S(=O)(=O)c1ccc(SC)cc1. The molecule has 0 aliphatic rings. The van der Waals surface area contributed by atoms with Gasteiger partial charge in [-0.2, -0.15) is 0 Å². The van der Waals surface area contributed by atoms with E-state index in [0.717, 1.165) is 9.20 Å². The molecule has 0 unspecified atom stereocenters. The molecule has 226 valence electrons. The molecule has 1 atom stereocenters. The summed E-state index contributed by atoms with van der Waals surface area (Å²) < 4.78 is 35.2. The number of hydrogen-bond donors (Lipinski definition) is 1. The first-order valence-electron chi connectivity index (χ1n) is 13.7. The molecule has 3 aromatic rings. The predicted molar refractivity (Wildman–Crippen MR) is 170 cm³/mol. The van der Waals surface area contributed by atoms with Gasteiger partial charge in [0.25, 0.3) is 10.0 Å². The first-order valence-corrected chi connectivity index (χ1v) is 16.8. The zero-order valence-corrected chi connectivity index (χ0v) is 26.9. The van der Waals surface area contributed by atoms with Gasteiger partial charge in [-0.25, -0.2) is 8.42 Å². The Labute approximate surface area is 258 Å². The molecule has 0 heterocycles. The van der Waals surface area contributed by atoms with Gasteiger partial charge in [0.05, 0.1) is 17.2 Å². The number of anilines is 1. The molecule has 0 aromatic heterocycles. The van der Waals surface area contributed by atoms with Gasteiger partial charge in [0.2, 0.25) is 11.8 Å². The fourth-order valence-corrected chi connectivity index (χ4v) is 6.47. The Morgan fingerprint density at radius 2 is 1.62 bits per heavy atom. The predicted octanol–water partition coefficient (Wildman–Crippen LogP) is 5.99. The number of thioether (sulfide) groups is 1. The van der Waals surface area contributed by atoms with Crippen LogP contribution in [-0.4, -0.2) is 56.6 Å². The Morgan fingerprint density at radius 3 is 2.21 bits per heavy atom. The van der Waals surface area contributed by atoms with Gasteiger partial charge in [0.1, 0.15) is 18.3 Å². The molecule has 0 saturated carbocycles. The number of hydrogen-bond acceptors (Lipinski definition) is 6. The summed E-state index contributed by atoms with van der Waals surface area (Å²) >= 11 is 7.95. The highest BCUT2D eigenvalue weighted by atomic mass is 35.5. The molecule has 8 nitrogen and oxygen atoms in total. The number of ether oxygens (including phenoxy) is 1. The van der Waals surface area contributed by atoms with Gasteiger partial charge < -0.3 is 15.0 Å². The maximum atomic E-state index is 14.2. The van der Waals surface area contributed by atoms with Gasteiger partial charge in [-0.05, 0) is 81.5 Å². The van der Waals surface area contributed by atoms with Crippen LogP contribution >= 0.6 is 23.4 Å². The number of sulfonamides is 1. The first kappa shape index (κ1) is 33.3. The van der Waals surface area contributed by atoms with E-state index in [1.165, 1.54) is 28.8 Å². The number of benzene rings is 3. The fourth-order valence-electron chi connectivity index (χ4n) is 4.44. The Kier molecular flexibility index (Phi) is 12.1. The number of halogens is 1. The second-order valence-corrected chi connectivity index (χ2v) is 12.9. The van der Waals surface area contributed by atoms with E-state index in [4.69, 9.17) is 16.3 Å². The molecule has 2 amide bonds. The molecular formula is C31H38ClN3O5S2. The van der Waals surface area contributed by atoms with Crippen molar-refractivity contribution in [1.29, 1.82) is 0 Å². The Bertz CT molecular complexity index is 1470. The van der Waals surface area contributed by atoms with Gasteiger partial charge in [-0.1, -0.05) is 48.9 Å². The van der Waals surface area contributed by atoms with Crippen LogP contribution in [0.2, 0.25) is 5.02 Å². The van der Waals surface area contributed by atoms with Crippen molar-refractivity contribution in [2.24, 2.45) is 0 Å². The van der Waals surface area contributed by atoms with E-state index >= 15 is 0 Å². The molecule has 3 rings (SSSR count). The van der Waals surface area contributed by atoms with Crippen molar-refractivity contribution in [2.75, 3.05) is 23.7 Å². The zero-order valence-electron chi connectivity index (χ0n) is 24.5. The maximum Gasteiger partial charge on any atom is 0.264 e. The lowest BCUT2D eigenvalue weighted by Gasteiger charge is -2.34. The maximum absolute atomic E-state index is 14.2. The number of rotatable bonds is 14. The van der Waals surface area contributed by atoms with Gasteiger partial charge >= 0.3 is 0 Å². The van der Waals surface area contributed by atoms with E-state index < -0.39 is 28.5 Å². The summed E-state index contributed by atoms with van der Waals surface area (Å²) in [5.41, 5.74) is 0.860. The van der Waals surface area contributed by atoms with Crippen molar-refractivity contribution in [3.05, 3.63) is 83.4 Å². The van der Waals surface area contributed by atoms with Crippen LogP contribution in [0.5, 0.6) is 5.75 Å². The summed E-state index contributed by atoms with van der Waals surface area (Å²) in [5.74, 6) is -0.569. The number of carbonyl (C=O) groups is 2. The Hall–Kier alpha value is -3.21. The van der Waals surface area contributed by atoms with E-state index in [1.807, 2.05) is 27.0 Å². The quantitative estimate of drug-likeness (QED) is 0.220. The number of nitrogens with zero attached hydrogens (tertiary/aromatic N) is 2. The van der Waals surface area contributed by atoms with Crippen LogP contribution < -0.4 is 14.4 Å². The van der Waals surface area contributed by atoms with Crippen molar-refractivity contribution in [1.82, 2.24) is 10.2 Å². The van der Waals surface area contributed by atoms with Crippen molar-refractivity contribution < 1.29 is 22.7 Å². The smallest absolute Gasteiger partial charge is 0.264 e. The average molecular weight is 632 g/mol. The largest absolute Gasteiger partial charge is 0.492 e. The fraction of sp³-hybridized carbons (Fsp3) is 0.355. The average Bonchev–Trinajstić information content (AvgIpc) is 2.96. The van der Waals surface area contributed by atoms with Crippen molar-refractivity contribution >= 4 is 50.9 Å². The molecular weight excluding hydrogens is 594 g/mol. The van der Waals surface area contributed by atoms with Gasteiger partial charge in [-0.15, -0.1) is 11.8 Å². The number of para-hydroxylation sites is 2. The first-order chi connectivity index (χ1) is 20.0. The lowest BCUT2D eigenvalue weighted by atomic mass is 10.1. The number of carbonyl (C=O) groups excluding carboxylic acids is 2. The van der Waals surface area contributed by atoms with Crippen LogP contribution in [0.3, 0.4) is 0 Å². The second kappa shape index (κ2) is 15.3. The van der Waals surface area contributed by atoms with Crippen LogP contribution in [0, 0.1) is 0 Å². The molecule has 0 saturated heterocycles. The molecule has 11 heteroatoms. The summed E-state index contributed by atoms with van der Waals surface area (Å²) in [5, 5.41) is 3.33. The van der Waals surface area contributed by atoms with E-state index in [9.17, 15) is 18.0 Å². The molecule has 0 spiro atoms. The minimum Gasteiger partial charge on any atom is -0.492 e. The minimum atomic E-state index is -4.23. The highest BCUT2D eigenvalue weighted by Crippen LogP contribution is 2.33. The van der Waals surface area contributed by atoms with Crippen molar-refractivity contribution in [3.63, 3.8) is 0 Å². The van der Waals surface area contributed by atoms with E-state index in [-0.39, 0.29) is 29.1 Å². The summed E-state index contributed by atoms with van der Waals surface area (Å²) in [4.78, 5) is 29.9. The molecule has 0 fully saturated rings. The molecule has 3 aromatic carbocycles. The van der Waals surface area contributed by atoms with Crippen LogP contribution in [0.1, 0.15) is 39.7 Å². The van der Waals surface area contributed by atoms with Crippen LogP contribution in [0.25, 0.3) is 0 Å². The molecule has 42 heavy (non-hydrogen) atoms. The third-order valence-corrected chi connectivity index (χ3v) is 9.36. The van der Waals surface area contributed by atoms with E-state index in [0.29, 0.717) is 29.4 Å². The molecule has 1 N–H and O–H groups in total. The lowest BCUT2D eigenvalue weighted by Crippen LogP contribution is -2.53. The molecule has 0 aliphatic heterocycles. The summed E-state index contributed by atoms with van der Waals surface area (Å²) in [6.45, 7) is 7.04. The monoisotopic (exact) mass is 631 g/mol. The minimum absolute atomic E-state index is 0.0198. The molecule has 0 bridgehead atoms.